The van der Waals surface area contributed by atoms with E-state index >= 15 is 0 Å². The molecule has 164 valence electrons. The van der Waals surface area contributed by atoms with Crippen molar-refractivity contribution in [2.45, 2.75) is 51.2 Å². The number of para-hydroxylation sites is 1. The number of nitrogens with zero attached hydrogens (tertiary/aromatic N) is 2. The van der Waals surface area contributed by atoms with E-state index < -0.39 is 0 Å². The van der Waals surface area contributed by atoms with Crippen LogP contribution in [-0.2, 0) is 9.47 Å². The van der Waals surface area contributed by atoms with Crippen molar-refractivity contribution in [1.82, 2.24) is 10.2 Å². The fourth-order valence-corrected chi connectivity index (χ4v) is 3.64. The highest BCUT2D eigenvalue weighted by Crippen LogP contribution is 2.18. The zero-order chi connectivity index (χ0) is 19.4. The number of ether oxygens (including phenoxy) is 3. The van der Waals surface area contributed by atoms with Crippen molar-refractivity contribution in [1.29, 1.82) is 0 Å². The fraction of sp³-hybridized carbons (Fsp3) is 0.682. The second-order valence-electron chi connectivity index (χ2n) is 7.39. The molecule has 0 amide bonds. The van der Waals surface area contributed by atoms with Gasteiger partial charge in [-0.15, -0.1) is 24.0 Å². The Bertz CT molecular complexity index is 574. The molecule has 2 aliphatic rings. The van der Waals surface area contributed by atoms with Gasteiger partial charge in [-0.3, -0.25) is 4.99 Å². The van der Waals surface area contributed by atoms with Crippen molar-refractivity contribution in [3.8, 4) is 5.75 Å². The molecule has 0 saturated carbocycles. The van der Waals surface area contributed by atoms with Gasteiger partial charge in [-0.1, -0.05) is 18.2 Å². The predicted octanol–water partition coefficient (Wildman–Crippen LogP) is 3.70. The summed E-state index contributed by atoms with van der Waals surface area (Å²) in [6.45, 7) is 8.19. The van der Waals surface area contributed by atoms with Crippen LogP contribution < -0.4 is 10.1 Å². The van der Waals surface area contributed by atoms with Gasteiger partial charge < -0.3 is 24.4 Å². The molecule has 1 aromatic rings. The van der Waals surface area contributed by atoms with Gasteiger partial charge in [0.1, 0.15) is 11.9 Å². The number of rotatable bonds is 8. The lowest BCUT2D eigenvalue weighted by atomic mass is 10.1. The summed E-state index contributed by atoms with van der Waals surface area (Å²) >= 11 is 0. The third kappa shape index (κ3) is 8.68. The Labute approximate surface area is 192 Å². The lowest BCUT2D eigenvalue weighted by Gasteiger charge is -2.34. The molecule has 1 aromatic carbocycles. The molecule has 0 bridgehead atoms. The molecule has 0 atom stereocenters. The Morgan fingerprint density at radius 2 is 1.83 bits per heavy atom. The first-order valence-electron chi connectivity index (χ1n) is 10.8. The van der Waals surface area contributed by atoms with E-state index in [4.69, 9.17) is 19.2 Å². The maximum Gasteiger partial charge on any atom is 0.193 e. The first-order valence-corrected chi connectivity index (χ1v) is 10.8. The molecule has 2 aliphatic heterocycles. The molecule has 1 N–H and O–H groups in total. The van der Waals surface area contributed by atoms with Crippen LogP contribution in [0.4, 0.5) is 0 Å². The molecule has 0 unspecified atom stereocenters. The number of halogens is 1. The Kier molecular flexibility index (Phi) is 11.7. The van der Waals surface area contributed by atoms with Gasteiger partial charge in [0.2, 0.25) is 0 Å². The minimum atomic E-state index is 0. The molecule has 3 rings (SSSR count). The lowest BCUT2D eigenvalue weighted by molar-refractivity contribution is -0.0318. The summed E-state index contributed by atoms with van der Waals surface area (Å²) in [5, 5.41) is 3.43. The van der Waals surface area contributed by atoms with E-state index in [0.29, 0.717) is 6.10 Å². The monoisotopic (exact) mass is 517 g/mol. The second kappa shape index (κ2) is 14.0. The molecule has 29 heavy (non-hydrogen) atoms. The number of hydrogen-bond acceptors (Lipinski definition) is 4. The number of hydrogen-bond donors (Lipinski definition) is 1. The standard InChI is InChI=1S/C22H35N3O3.HI/c1-2-23-22(24-13-6-16-27-19-11-17-26-18-12-19)25-14-9-21(10-15-25)28-20-7-4-3-5-8-20;/h3-5,7-8,19,21H,2,6,9-18H2,1H3,(H,23,24);1H. The van der Waals surface area contributed by atoms with Crippen molar-refractivity contribution >= 4 is 29.9 Å². The molecule has 0 aromatic heterocycles. The van der Waals surface area contributed by atoms with Gasteiger partial charge in [0.25, 0.3) is 0 Å². The van der Waals surface area contributed by atoms with E-state index in [9.17, 15) is 0 Å². The molecule has 0 radical (unpaired) electrons. The molecule has 2 saturated heterocycles. The first kappa shape index (κ1) is 24.2. The van der Waals surface area contributed by atoms with Gasteiger partial charge in [-0.25, -0.2) is 0 Å². The summed E-state index contributed by atoms with van der Waals surface area (Å²) in [6.07, 6.45) is 5.69. The van der Waals surface area contributed by atoms with Crippen molar-refractivity contribution in [3.05, 3.63) is 30.3 Å². The highest BCUT2D eigenvalue weighted by atomic mass is 127. The molecular formula is C22H36IN3O3. The number of guanidine groups is 1. The summed E-state index contributed by atoms with van der Waals surface area (Å²) in [6, 6.07) is 10.1. The van der Waals surface area contributed by atoms with Crippen molar-refractivity contribution in [3.63, 3.8) is 0 Å². The van der Waals surface area contributed by atoms with Crippen LogP contribution >= 0.6 is 24.0 Å². The van der Waals surface area contributed by atoms with Crippen LogP contribution in [0.1, 0.15) is 39.0 Å². The van der Waals surface area contributed by atoms with Crippen LogP contribution in [0.3, 0.4) is 0 Å². The number of likely N-dealkylation sites (tertiary alicyclic amines) is 1. The Morgan fingerprint density at radius 3 is 2.52 bits per heavy atom. The van der Waals surface area contributed by atoms with Crippen LogP contribution in [0.2, 0.25) is 0 Å². The van der Waals surface area contributed by atoms with E-state index in [1.54, 1.807) is 0 Å². The molecule has 7 heteroatoms. The molecule has 2 heterocycles. The Hall–Kier alpha value is -1.06. The summed E-state index contributed by atoms with van der Waals surface area (Å²) in [4.78, 5) is 7.17. The zero-order valence-electron chi connectivity index (χ0n) is 17.6. The van der Waals surface area contributed by atoms with E-state index in [2.05, 4.69) is 17.1 Å². The molecule has 0 aliphatic carbocycles. The largest absolute Gasteiger partial charge is 0.490 e. The van der Waals surface area contributed by atoms with Crippen LogP contribution in [0.5, 0.6) is 5.75 Å². The third-order valence-corrected chi connectivity index (χ3v) is 5.21. The van der Waals surface area contributed by atoms with Gasteiger partial charge in [-0.05, 0) is 38.3 Å². The molecule has 0 spiro atoms. The minimum Gasteiger partial charge on any atom is -0.490 e. The smallest absolute Gasteiger partial charge is 0.193 e. The van der Waals surface area contributed by atoms with Gasteiger partial charge in [0.05, 0.1) is 6.10 Å². The molecule has 2 fully saturated rings. The Morgan fingerprint density at radius 1 is 1.10 bits per heavy atom. The second-order valence-corrected chi connectivity index (χ2v) is 7.39. The number of nitrogens with one attached hydrogen (secondary N) is 1. The van der Waals surface area contributed by atoms with Gasteiger partial charge >= 0.3 is 0 Å². The quantitative estimate of drug-likeness (QED) is 0.247. The fourth-order valence-electron chi connectivity index (χ4n) is 3.64. The van der Waals surface area contributed by atoms with E-state index in [-0.39, 0.29) is 30.1 Å². The number of benzene rings is 1. The predicted molar refractivity (Wildman–Crippen MR) is 127 cm³/mol. The average Bonchev–Trinajstić information content (AvgIpc) is 2.75. The van der Waals surface area contributed by atoms with Crippen molar-refractivity contribution in [2.24, 2.45) is 4.99 Å². The van der Waals surface area contributed by atoms with E-state index in [0.717, 1.165) is 89.8 Å². The normalized spacial score (nSPS) is 18.9. The molecular weight excluding hydrogens is 481 g/mol. The summed E-state index contributed by atoms with van der Waals surface area (Å²) in [5.41, 5.74) is 0. The Balaban J connectivity index is 0.00000300. The van der Waals surface area contributed by atoms with Crippen LogP contribution in [0.15, 0.2) is 35.3 Å². The summed E-state index contributed by atoms with van der Waals surface area (Å²) in [5.74, 6) is 1.98. The highest BCUT2D eigenvalue weighted by Gasteiger charge is 2.22. The van der Waals surface area contributed by atoms with E-state index in [1.807, 2.05) is 30.3 Å². The molecule has 6 nitrogen and oxygen atoms in total. The first-order chi connectivity index (χ1) is 13.8. The zero-order valence-corrected chi connectivity index (χ0v) is 19.9. The van der Waals surface area contributed by atoms with Crippen LogP contribution in [0.25, 0.3) is 0 Å². The minimum absolute atomic E-state index is 0. The topological polar surface area (TPSA) is 55.3 Å². The van der Waals surface area contributed by atoms with Crippen molar-refractivity contribution in [2.75, 3.05) is 46.0 Å². The van der Waals surface area contributed by atoms with Crippen LogP contribution in [0, 0.1) is 0 Å². The lowest BCUT2D eigenvalue weighted by Crippen LogP contribution is -2.47. The van der Waals surface area contributed by atoms with Gasteiger partial charge in [0, 0.05) is 58.8 Å². The number of piperidine rings is 1. The highest BCUT2D eigenvalue weighted by molar-refractivity contribution is 14.0. The van der Waals surface area contributed by atoms with Gasteiger partial charge in [0.15, 0.2) is 5.96 Å². The third-order valence-electron chi connectivity index (χ3n) is 5.21. The maximum absolute atomic E-state index is 6.10. The van der Waals surface area contributed by atoms with Crippen LogP contribution in [-0.4, -0.2) is 69.1 Å². The SMILES string of the molecule is CCNC(=NCCCOC1CCOCC1)N1CCC(Oc2ccccc2)CC1.I. The van der Waals surface area contributed by atoms with Gasteiger partial charge in [-0.2, -0.15) is 0 Å². The maximum atomic E-state index is 6.10. The number of aliphatic imine (C=N–C) groups is 1. The summed E-state index contributed by atoms with van der Waals surface area (Å²) in [7, 11) is 0. The van der Waals surface area contributed by atoms with E-state index in [1.165, 1.54) is 0 Å². The van der Waals surface area contributed by atoms with Crippen molar-refractivity contribution < 1.29 is 14.2 Å². The average molecular weight is 517 g/mol. The summed E-state index contributed by atoms with van der Waals surface area (Å²) < 4.78 is 17.4.